The Hall–Kier alpha value is -2.31. The van der Waals surface area contributed by atoms with Crippen molar-refractivity contribution in [2.24, 2.45) is 11.8 Å². The molecule has 0 aromatic heterocycles. The van der Waals surface area contributed by atoms with E-state index in [0.717, 1.165) is 12.1 Å². The number of benzene rings is 1. The van der Waals surface area contributed by atoms with Gasteiger partial charge in [-0.2, -0.15) is 0 Å². The number of Topliss-reactive ketones (excluding diaryl/α,β-unsaturated/α-hetero) is 1. The minimum atomic E-state index is -1.03. The van der Waals surface area contributed by atoms with Gasteiger partial charge >= 0.3 is 0 Å². The van der Waals surface area contributed by atoms with E-state index in [4.69, 9.17) is 0 Å². The van der Waals surface area contributed by atoms with E-state index in [2.05, 4.69) is 0 Å². The molecule has 2 heterocycles. The second kappa shape index (κ2) is 7.51. The second-order valence-corrected chi connectivity index (χ2v) is 6.93. The van der Waals surface area contributed by atoms with Crippen LogP contribution < -0.4 is 0 Å². The van der Waals surface area contributed by atoms with Crippen LogP contribution in [0.3, 0.4) is 0 Å². The topological polar surface area (TPSA) is 57.7 Å². The number of carbonyl (C=O) groups excluding carboxylic acids is 3. The minimum absolute atomic E-state index is 0.00856. The number of hydrogen-bond acceptors (Lipinski definition) is 3. The van der Waals surface area contributed by atoms with Crippen molar-refractivity contribution in [2.45, 2.75) is 26.2 Å². The number of amides is 2. The van der Waals surface area contributed by atoms with Gasteiger partial charge in [-0.1, -0.05) is 0 Å². The molecule has 1 aromatic carbocycles. The Morgan fingerprint density at radius 3 is 2.38 bits per heavy atom. The van der Waals surface area contributed by atoms with Crippen LogP contribution in [0.5, 0.6) is 0 Å². The lowest BCUT2D eigenvalue weighted by atomic mass is 9.88. The van der Waals surface area contributed by atoms with Crippen LogP contribution >= 0.6 is 0 Å². The van der Waals surface area contributed by atoms with Gasteiger partial charge in [0.1, 0.15) is 0 Å². The highest BCUT2D eigenvalue weighted by Crippen LogP contribution is 2.26. The maximum atomic E-state index is 13.3. The van der Waals surface area contributed by atoms with Gasteiger partial charge < -0.3 is 9.80 Å². The monoisotopic (exact) mass is 364 g/mol. The molecule has 2 aliphatic heterocycles. The molecular formula is C19H22F2N2O3. The summed E-state index contributed by atoms with van der Waals surface area (Å²) in [7, 11) is 0. The molecule has 26 heavy (non-hydrogen) atoms. The largest absolute Gasteiger partial charge is 0.342 e. The third-order valence-corrected chi connectivity index (χ3v) is 5.33. The molecule has 2 fully saturated rings. The smallest absolute Gasteiger partial charge is 0.227 e. The summed E-state index contributed by atoms with van der Waals surface area (Å²) in [5.41, 5.74) is 0.161. The Morgan fingerprint density at radius 2 is 1.81 bits per heavy atom. The van der Waals surface area contributed by atoms with E-state index >= 15 is 0 Å². The van der Waals surface area contributed by atoms with Gasteiger partial charge in [0.15, 0.2) is 17.4 Å². The first-order valence-electron chi connectivity index (χ1n) is 8.96. The van der Waals surface area contributed by atoms with Crippen molar-refractivity contribution in [1.82, 2.24) is 9.80 Å². The third-order valence-electron chi connectivity index (χ3n) is 5.33. The van der Waals surface area contributed by atoms with Crippen LogP contribution in [0.25, 0.3) is 0 Å². The fourth-order valence-corrected chi connectivity index (χ4v) is 3.75. The number of ketones is 1. The standard InChI is InChI=1S/C19H22F2N2O3/c1-2-22-11-14(10-17(22)24)19(26)23-7-5-12(6-8-23)18(25)13-3-4-15(20)16(21)9-13/h3-4,9,12,14H,2,5-8,10-11H2,1H3/t14-/m0/s1. The van der Waals surface area contributed by atoms with Crippen molar-refractivity contribution in [1.29, 1.82) is 0 Å². The van der Waals surface area contributed by atoms with Crippen molar-refractivity contribution >= 4 is 17.6 Å². The number of carbonyl (C=O) groups is 3. The molecule has 0 N–H and O–H groups in total. The molecule has 0 bridgehead atoms. The summed E-state index contributed by atoms with van der Waals surface area (Å²) in [4.78, 5) is 40.3. The summed E-state index contributed by atoms with van der Waals surface area (Å²) in [5, 5.41) is 0. The van der Waals surface area contributed by atoms with E-state index in [-0.39, 0.29) is 41.4 Å². The summed E-state index contributed by atoms with van der Waals surface area (Å²) < 4.78 is 26.3. The second-order valence-electron chi connectivity index (χ2n) is 6.93. The van der Waals surface area contributed by atoms with Crippen molar-refractivity contribution in [3.8, 4) is 0 Å². The van der Waals surface area contributed by atoms with E-state index in [1.165, 1.54) is 6.07 Å². The summed E-state index contributed by atoms with van der Waals surface area (Å²) in [6, 6.07) is 3.18. The van der Waals surface area contributed by atoms with Gasteiger partial charge in [0.05, 0.1) is 5.92 Å². The first-order chi connectivity index (χ1) is 12.4. The predicted molar refractivity (Wildman–Crippen MR) is 90.4 cm³/mol. The predicted octanol–water partition coefficient (Wildman–Crippen LogP) is 2.25. The Kier molecular flexibility index (Phi) is 5.34. The molecule has 0 radical (unpaired) electrons. The molecule has 0 spiro atoms. The van der Waals surface area contributed by atoms with Crippen LogP contribution in [0, 0.1) is 23.5 Å². The van der Waals surface area contributed by atoms with Crippen LogP contribution in [0.4, 0.5) is 8.78 Å². The number of likely N-dealkylation sites (tertiary alicyclic amines) is 2. The molecular weight excluding hydrogens is 342 g/mol. The van der Waals surface area contributed by atoms with Crippen LogP contribution in [0.15, 0.2) is 18.2 Å². The zero-order valence-electron chi connectivity index (χ0n) is 14.7. The lowest BCUT2D eigenvalue weighted by molar-refractivity contribution is -0.137. The van der Waals surface area contributed by atoms with Gasteiger partial charge in [-0.25, -0.2) is 8.78 Å². The summed E-state index contributed by atoms with van der Waals surface area (Å²) in [6.45, 7) is 3.83. The van der Waals surface area contributed by atoms with Crippen LogP contribution in [-0.4, -0.2) is 53.6 Å². The summed E-state index contributed by atoms with van der Waals surface area (Å²) in [5.74, 6) is -2.86. The zero-order chi connectivity index (χ0) is 18.8. The van der Waals surface area contributed by atoms with Crippen molar-refractivity contribution < 1.29 is 23.2 Å². The molecule has 2 amide bonds. The number of hydrogen-bond donors (Lipinski definition) is 0. The fraction of sp³-hybridized carbons (Fsp3) is 0.526. The lowest BCUT2D eigenvalue weighted by Crippen LogP contribution is -2.43. The third kappa shape index (κ3) is 3.61. The van der Waals surface area contributed by atoms with Crippen LogP contribution in [-0.2, 0) is 9.59 Å². The molecule has 140 valence electrons. The molecule has 1 aromatic rings. The van der Waals surface area contributed by atoms with Crippen molar-refractivity contribution in [3.05, 3.63) is 35.4 Å². The minimum Gasteiger partial charge on any atom is -0.342 e. The van der Waals surface area contributed by atoms with Gasteiger partial charge in [0, 0.05) is 44.1 Å². The molecule has 0 unspecified atom stereocenters. The Labute approximate surface area is 150 Å². The van der Waals surface area contributed by atoms with Crippen molar-refractivity contribution in [3.63, 3.8) is 0 Å². The molecule has 5 nitrogen and oxygen atoms in total. The Bertz CT molecular complexity index is 729. The summed E-state index contributed by atoms with van der Waals surface area (Å²) in [6.07, 6.45) is 1.23. The Morgan fingerprint density at radius 1 is 1.12 bits per heavy atom. The maximum Gasteiger partial charge on any atom is 0.227 e. The lowest BCUT2D eigenvalue weighted by Gasteiger charge is -2.33. The zero-order valence-corrected chi connectivity index (χ0v) is 14.7. The average molecular weight is 364 g/mol. The van der Waals surface area contributed by atoms with E-state index in [9.17, 15) is 23.2 Å². The van der Waals surface area contributed by atoms with Crippen molar-refractivity contribution in [2.75, 3.05) is 26.2 Å². The van der Waals surface area contributed by atoms with Gasteiger partial charge in [-0.3, -0.25) is 14.4 Å². The van der Waals surface area contributed by atoms with Crippen LogP contribution in [0.1, 0.15) is 36.5 Å². The molecule has 7 heteroatoms. The van der Waals surface area contributed by atoms with Crippen LogP contribution in [0.2, 0.25) is 0 Å². The molecule has 3 rings (SSSR count). The maximum absolute atomic E-state index is 13.3. The highest BCUT2D eigenvalue weighted by molar-refractivity contribution is 5.98. The number of halogens is 2. The first-order valence-corrected chi connectivity index (χ1v) is 8.96. The fourth-order valence-electron chi connectivity index (χ4n) is 3.75. The van der Waals surface area contributed by atoms with Gasteiger partial charge in [-0.05, 0) is 38.0 Å². The number of nitrogens with zero attached hydrogens (tertiary/aromatic N) is 2. The van der Waals surface area contributed by atoms with Gasteiger partial charge in [0.2, 0.25) is 11.8 Å². The van der Waals surface area contributed by atoms with E-state index in [1.54, 1.807) is 9.80 Å². The SMILES string of the molecule is CCN1C[C@@H](C(=O)N2CCC(C(=O)c3ccc(F)c(F)c3)CC2)CC1=O. The Balaban J connectivity index is 1.57. The number of rotatable bonds is 4. The highest BCUT2D eigenvalue weighted by Gasteiger charge is 2.37. The summed E-state index contributed by atoms with van der Waals surface area (Å²) >= 11 is 0. The molecule has 0 saturated carbocycles. The molecule has 0 aliphatic carbocycles. The highest BCUT2D eigenvalue weighted by atomic mass is 19.2. The number of piperidine rings is 1. The first kappa shape index (κ1) is 18.5. The molecule has 2 saturated heterocycles. The van der Waals surface area contributed by atoms with E-state index in [0.29, 0.717) is 39.0 Å². The van der Waals surface area contributed by atoms with Gasteiger partial charge in [-0.15, -0.1) is 0 Å². The van der Waals surface area contributed by atoms with E-state index in [1.807, 2.05) is 6.92 Å². The van der Waals surface area contributed by atoms with Gasteiger partial charge in [0.25, 0.3) is 0 Å². The average Bonchev–Trinajstić information content (AvgIpc) is 3.03. The molecule has 2 aliphatic rings. The molecule has 1 atom stereocenters. The van der Waals surface area contributed by atoms with E-state index < -0.39 is 11.6 Å². The normalized spacial score (nSPS) is 21.3. The quantitative estimate of drug-likeness (QED) is 0.770.